The van der Waals surface area contributed by atoms with Crippen LogP contribution in [0.5, 0.6) is 0 Å². The van der Waals surface area contributed by atoms with Gasteiger partial charge in [0, 0.05) is 30.2 Å². The van der Waals surface area contributed by atoms with E-state index in [2.05, 4.69) is 13.0 Å². The first-order valence-corrected chi connectivity index (χ1v) is 12.6. The molecule has 2 aromatic carbocycles. The highest BCUT2D eigenvalue weighted by Gasteiger charge is 2.36. The zero-order chi connectivity index (χ0) is 24.5. The van der Waals surface area contributed by atoms with Gasteiger partial charge in [-0.1, -0.05) is 42.8 Å². The van der Waals surface area contributed by atoms with E-state index in [1.807, 2.05) is 46.9 Å². The number of aromatic nitrogens is 1. The standard InChI is InChI=1S/C27H27N3O4S/c1-3-19-5-4-6-22-20(16-29(25(19)22)17-24(31)28-11-13-34-14-12-28)15-23-26(32)30(27(33)35-23)21-9-7-18(2)8-10-21/h4-10,15-16H,3,11-14,17H2,1-2H3/b23-15-. The molecule has 1 aromatic heterocycles. The van der Waals surface area contributed by atoms with Crippen LogP contribution in [0.15, 0.2) is 53.6 Å². The predicted octanol–water partition coefficient (Wildman–Crippen LogP) is 4.61. The van der Waals surface area contributed by atoms with Gasteiger partial charge in [0.1, 0.15) is 6.54 Å². The van der Waals surface area contributed by atoms with Gasteiger partial charge in [0.25, 0.3) is 11.1 Å². The number of anilines is 1. The molecule has 5 rings (SSSR count). The molecule has 0 N–H and O–H groups in total. The number of thioether (sulfide) groups is 1. The van der Waals surface area contributed by atoms with Gasteiger partial charge in [-0.3, -0.25) is 14.4 Å². The number of carbonyl (C=O) groups is 3. The lowest BCUT2D eigenvalue weighted by molar-refractivity contribution is -0.135. The van der Waals surface area contributed by atoms with Crippen LogP contribution in [0.1, 0.15) is 23.6 Å². The number of aryl methyl sites for hydroxylation is 2. The summed E-state index contributed by atoms with van der Waals surface area (Å²) in [4.78, 5) is 42.3. The molecule has 0 spiro atoms. The van der Waals surface area contributed by atoms with Gasteiger partial charge in [-0.25, -0.2) is 4.90 Å². The van der Waals surface area contributed by atoms with Crippen molar-refractivity contribution in [3.63, 3.8) is 0 Å². The normalized spacial score (nSPS) is 17.7. The van der Waals surface area contributed by atoms with Gasteiger partial charge in [0.05, 0.1) is 29.3 Å². The molecular weight excluding hydrogens is 462 g/mol. The van der Waals surface area contributed by atoms with E-state index in [0.717, 1.165) is 45.8 Å². The molecule has 180 valence electrons. The molecule has 0 bridgehead atoms. The summed E-state index contributed by atoms with van der Waals surface area (Å²) in [5.74, 6) is -0.289. The molecule has 0 aliphatic carbocycles. The molecule has 2 aliphatic heterocycles. The molecule has 7 nitrogen and oxygen atoms in total. The van der Waals surface area contributed by atoms with Crippen LogP contribution in [-0.4, -0.2) is 52.8 Å². The first kappa shape index (κ1) is 23.4. The first-order valence-electron chi connectivity index (χ1n) is 11.8. The van der Waals surface area contributed by atoms with Crippen LogP contribution in [0, 0.1) is 6.92 Å². The minimum Gasteiger partial charge on any atom is -0.378 e. The molecule has 2 fully saturated rings. The Morgan fingerprint density at radius 1 is 1.09 bits per heavy atom. The number of para-hydroxylation sites is 1. The number of benzene rings is 2. The molecular formula is C27H27N3O4S. The van der Waals surface area contributed by atoms with Gasteiger partial charge in [0.2, 0.25) is 5.91 Å². The molecule has 0 unspecified atom stereocenters. The van der Waals surface area contributed by atoms with E-state index in [-0.39, 0.29) is 23.6 Å². The number of hydrogen-bond donors (Lipinski definition) is 0. The van der Waals surface area contributed by atoms with Gasteiger partial charge in [-0.2, -0.15) is 0 Å². The van der Waals surface area contributed by atoms with Crippen molar-refractivity contribution in [3.05, 3.63) is 70.3 Å². The van der Waals surface area contributed by atoms with Crippen molar-refractivity contribution in [3.8, 4) is 0 Å². The summed E-state index contributed by atoms with van der Waals surface area (Å²) in [6, 6.07) is 13.4. The van der Waals surface area contributed by atoms with Crippen LogP contribution in [0.25, 0.3) is 17.0 Å². The van der Waals surface area contributed by atoms with Crippen molar-refractivity contribution in [1.82, 2.24) is 9.47 Å². The van der Waals surface area contributed by atoms with Crippen LogP contribution >= 0.6 is 11.8 Å². The molecule has 0 radical (unpaired) electrons. The molecule has 0 saturated carbocycles. The molecule has 2 saturated heterocycles. The smallest absolute Gasteiger partial charge is 0.298 e. The van der Waals surface area contributed by atoms with Gasteiger partial charge < -0.3 is 14.2 Å². The number of imide groups is 1. The largest absolute Gasteiger partial charge is 0.378 e. The Kier molecular flexibility index (Phi) is 6.49. The highest BCUT2D eigenvalue weighted by molar-refractivity contribution is 8.19. The monoisotopic (exact) mass is 489 g/mol. The molecule has 3 amide bonds. The van der Waals surface area contributed by atoms with Crippen molar-refractivity contribution >= 4 is 51.5 Å². The summed E-state index contributed by atoms with van der Waals surface area (Å²) in [5, 5.41) is 0.645. The van der Waals surface area contributed by atoms with Crippen LogP contribution in [-0.2, 0) is 27.3 Å². The average Bonchev–Trinajstić information content (AvgIpc) is 3.36. The third-order valence-corrected chi connectivity index (χ3v) is 7.31. The van der Waals surface area contributed by atoms with Gasteiger partial charge in [-0.05, 0) is 48.9 Å². The SMILES string of the molecule is CCc1cccc2c(/C=C3\SC(=O)N(c4ccc(C)cc4)C3=O)cn(CC(=O)N3CCOCC3)c12. The van der Waals surface area contributed by atoms with Crippen molar-refractivity contribution in [2.24, 2.45) is 0 Å². The number of carbonyl (C=O) groups excluding carboxylic acids is 3. The second-order valence-electron chi connectivity index (χ2n) is 8.73. The quantitative estimate of drug-likeness (QED) is 0.490. The molecule has 8 heteroatoms. The van der Waals surface area contributed by atoms with E-state index in [1.54, 1.807) is 18.2 Å². The second kappa shape index (κ2) is 9.71. The third kappa shape index (κ3) is 4.51. The van der Waals surface area contributed by atoms with E-state index in [9.17, 15) is 14.4 Å². The topological polar surface area (TPSA) is 71.9 Å². The fraction of sp³-hybridized carbons (Fsp3) is 0.296. The Labute approximate surface area is 208 Å². The Hall–Kier alpha value is -3.36. The maximum Gasteiger partial charge on any atom is 0.298 e. The van der Waals surface area contributed by atoms with Gasteiger partial charge in [-0.15, -0.1) is 0 Å². The molecule has 2 aliphatic rings. The molecule has 35 heavy (non-hydrogen) atoms. The van der Waals surface area contributed by atoms with Crippen molar-refractivity contribution in [2.45, 2.75) is 26.8 Å². The minimum atomic E-state index is -0.333. The average molecular weight is 490 g/mol. The molecule has 3 heterocycles. The highest BCUT2D eigenvalue weighted by atomic mass is 32.2. The summed E-state index contributed by atoms with van der Waals surface area (Å²) in [7, 11) is 0. The maximum absolute atomic E-state index is 13.2. The van der Waals surface area contributed by atoms with Crippen molar-refractivity contribution in [2.75, 3.05) is 31.2 Å². The van der Waals surface area contributed by atoms with Crippen LogP contribution in [0.4, 0.5) is 10.5 Å². The number of fused-ring (bicyclic) bond motifs is 1. The number of morpholine rings is 1. The van der Waals surface area contributed by atoms with Gasteiger partial charge in [0.15, 0.2) is 0 Å². The summed E-state index contributed by atoms with van der Waals surface area (Å²) in [6.45, 7) is 6.56. The van der Waals surface area contributed by atoms with Gasteiger partial charge >= 0.3 is 0 Å². The number of hydrogen-bond acceptors (Lipinski definition) is 5. The van der Waals surface area contributed by atoms with Crippen molar-refractivity contribution < 1.29 is 19.1 Å². The third-order valence-electron chi connectivity index (χ3n) is 6.44. The van der Waals surface area contributed by atoms with Crippen LogP contribution < -0.4 is 4.90 Å². The summed E-state index contributed by atoms with van der Waals surface area (Å²) < 4.78 is 7.35. The van der Waals surface area contributed by atoms with E-state index < -0.39 is 0 Å². The van der Waals surface area contributed by atoms with E-state index in [4.69, 9.17) is 4.74 Å². The Morgan fingerprint density at radius 2 is 1.83 bits per heavy atom. The second-order valence-corrected chi connectivity index (χ2v) is 9.72. The fourth-order valence-corrected chi connectivity index (χ4v) is 5.41. The first-order chi connectivity index (χ1) is 17.0. The van der Waals surface area contributed by atoms with Crippen LogP contribution in [0.3, 0.4) is 0 Å². The number of rotatable bonds is 5. The van der Waals surface area contributed by atoms with Crippen molar-refractivity contribution in [1.29, 1.82) is 0 Å². The predicted molar refractivity (Wildman–Crippen MR) is 138 cm³/mol. The highest BCUT2D eigenvalue weighted by Crippen LogP contribution is 2.37. The molecule has 0 atom stereocenters. The summed E-state index contributed by atoms with van der Waals surface area (Å²) in [6.07, 6.45) is 4.51. The number of amides is 3. The lowest BCUT2D eigenvalue weighted by atomic mass is 10.1. The summed E-state index contributed by atoms with van der Waals surface area (Å²) >= 11 is 0.940. The van der Waals surface area contributed by atoms with E-state index in [1.165, 1.54) is 4.90 Å². The zero-order valence-corrected chi connectivity index (χ0v) is 20.6. The lowest BCUT2D eigenvalue weighted by Crippen LogP contribution is -2.42. The summed E-state index contributed by atoms with van der Waals surface area (Å²) in [5.41, 5.74) is 4.56. The Morgan fingerprint density at radius 3 is 2.54 bits per heavy atom. The lowest BCUT2D eigenvalue weighted by Gasteiger charge is -2.27. The van der Waals surface area contributed by atoms with E-state index in [0.29, 0.717) is 36.9 Å². The maximum atomic E-state index is 13.2. The number of ether oxygens (including phenoxy) is 1. The van der Waals surface area contributed by atoms with E-state index >= 15 is 0 Å². The Bertz CT molecular complexity index is 1340. The minimum absolute atomic E-state index is 0.0438. The zero-order valence-electron chi connectivity index (χ0n) is 19.8. The Balaban J connectivity index is 1.50. The number of nitrogens with zero attached hydrogens (tertiary/aromatic N) is 3. The van der Waals surface area contributed by atoms with Crippen LogP contribution in [0.2, 0.25) is 0 Å². The molecule has 3 aromatic rings. The fourth-order valence-electron chi connectivity index (χ4n) is 4.57.